The molecule has 2 atom stereocenters. The van der Waals surface area contributed by atoms with E-state index in [9.17, 15) is 0 Å². The molecule has 0 aromatic carbocycles. The van der Waals surface area contributed by atoms with Gasteiger partial charge in [-0.15, -0.1) is 46.7 Å². The topological polar surface area (TPSA) is 49.3 Å². The van der Waals surface area contributed by atoms with Crippen molar-refractivity contribution in [3.8, 4) is 10.6 Å². The van der Waals surface area contributed by atoms with Crippen LogP contribution in [0.5, 0.6) is 0 Å². The third kappa shape index (κ3) is 5.42. The van der Waals surface area contributed by atoms with Crippen LogP contribution in [0.25, 0.3) is 10.6 Å². The number of rotatable bonds is 6. The molecule has 2 unspecified atom stereocenters. The van der Waals surface area contributed by atoms with Crippen molar-refractivity contribution < 1.29 is 0 Å². The molecule has 2 heterocycles. The Bertz CT molecular complexity index is 680. The Kier molecular flexibility index (Phi) is 7.49. The minimum Gasteiger partial charge on any atom is -0.357 e. The highest BCUT2D eigenvalue weighted by Gasteiger charge is 2.33. The first-order valence-corrected chi connectivity index (χ1v) is 9.91. The summed E-state index contributed by atoms with van der Waals surface area (Å²) in [7, 11) is 0. The van der Waals surface area contributed by atoms with Crippen LogP contribution in [0, 0.1) is 12.8 Å². The van der Waals surface area contributed by atoms with Gasteiger partial charge in [-0.05, 0) is 38.3 Å². The number of halogens is 1. The second kappa shape index (κ2) is 9.15. The van der Waals surface area contributed by atoms with Gasteiger partial charge in [-0.1, -0.05) is 6.92 Å². The molecule has 0 saturated heterocycles. The van der Waals surface area contributed by atoms with Crippen molar-refractivity contribution in [3.63, 3.8) is 0 Å². The molecule has 4 nitrogen and oxygen atoms in total. The lowest BCUT2D eigenvalue weighted by atomic mass is 10.3. The average Bonchev–Trinajstić information content (AvgIpc) is 2.94. The highest BCUT2D eigenvalue weighted by atomic mass is 127. The standard InChI is InChI=1S/C17H24N4S2.HI/c1-4-18-17(21-14-9-11(14)2)19-8-7-13-5-6-16(23-13)15-10-22-12(3)20-15;/h5-6,10-11,14H,4,7-9H2,1-3H3,(H2,18,19,21);1H. The van der Waals surface area contributed by atoms with Gasteiger partial charge in [0.2, 0.25) is 0 Å². The van der Waals surface area contributed by atoms with E-state index in [1.807, 2.05) is 18.3 Å². The van der Waals surface area contributed by atoms with Crippen molar-refractivity contribution in [3.05, 3.63) is 27.4 Å². The third-order valence-electron chi connectivity index (χ3n) is 3.94. The van der Waals surface area contributed by atoms with Crippen LogP contribution in [0.3, 0.4) is 0 Å². The zero-order valence-corrected chi connectivity index (χ0v) is 18.3. The number of nitrogens with zero attached hydrogens (tertiary/aromatic N) is 2. The summed E-state index contributed by atoms with van der Waals surface area (Å²) in [4.78, 5) is 11.9. The van der Waals surface area contributed by atoms with Crippen molar-refractivity contribution in [1.82, 2.24) is 15.6 Å². The molecule has 0 aliphatic heterocycles. The van der Waals surface area contributed by atoms with E-state index in [0.29, 0.717) is 6.04 Å². The molecular weight excluding hydrogens is 451 g/mol. The van der Waals surface area contributed by atoms with Crippen molar-refractivity contribution in [2.24, 2.45) is 10.9 Å². The second-order valence-corrected chi connectivity index (χ2v) is 8.22. The van der Waals surface area contributed by atoms with Crippen LogP contribution in [-0.4, -0.2) is 30.1 Å². The van der Waals surface area contributed by atoms with Crippen molar-refractivity contribution in [1.29, 1.82) is 0 Å². The third-order valence-corrected chi connectivity index (χ3v) is 5.88. The molecule has 0 radical (unpaired) electrons. The Labute approximate surface area is 169 Å². The zero-order valence-electron chi connectivity index (χ0n) is 14.3. The van der Waals surface area contributed by atoms with E-state index in [-0.39, 0.29) is 24.0 Å². The molecule has 1 aliphatic carbocycles. The molecule has 2 N–H and O–H groups in total. The van der Waals surface area contributed by atoms with E-state index in [1.165, 1.54) is 16.2 Å². The van der Waals surface area contributed by atoms with Crippen LogP contribution >= 0.6 is 46.7 Å². The van der Waals surface area contributed by atoms with E-state index in [4.69, 9.17) is 4.99 Å². The molecular formula is C17H25IN4S2. The Balaban J connectivity index is 0.00000208. The lowest BCUT2D eigenvalue weighted by Gasteiger charge is -2.10. The van der Waals surface area contributed by atoms with E-state index < -0.39 is 0 Å². The minimum atomic E-state index is 0. The van der Waals surface area contributed by atoms with E-state index in [2.05, 4.69) is 47.0 Å². The smallest absolute Gasteiger partial charge is 0.191 e. The Hall–Kier alpha value is -0.670. The predicted molar refractivity (Wildman–Crippen MR) is 116 cm³/mol. The van der Waals surface area contributed by atoms with Gasteiger partial charge in [-0.25, -0.2) is 4.98 Å². The SMILES string of the molecule is CCNC(=NCCc1ccc(-c2csc(C)n2)s1)NC1CC1C.I. The Morgan fingerprint density at radius 2 is 2.21 bits per heavy atom. The summed E-state index contributed by atoms with van der Waals surface area (Å²) < 4.78 is 0. The van der Waals surface area contributed by atoms with Gasteiger partial charge in [0.1, 0.15) is 0 Å². The summed E-state index contributed by atoms with van der Waals surface area (Å²) >= 11 is 3.53. The molecule has 3 rings (SSSR count). The average molecular weight is 476 g/mol. The Morgan fingerprint density at radius 1 is 1.42 bits per heavy atom. The maximum absolute atomic E-state index is 4.70. The summed E-state index contributed by atoms with van der Waals surface area (Å²) in [5, 5.41) is 10.1. The predicted octanol–water partition coefficient (Wildman–Crippen LogP) is 4.30. The second-order valence-electron chi connectivity index (χ2n) is 5.99. The number of aromatic nitrogens is 1. The number of hydrogen-bond donors (Lipinski definition) is 2. The quantitative estimate of drug-likeness (QED) is 0.371. The first-order valence-electron chi connectivity index (χ1n) is 8.21. The number of aliphatic imine (C=N–C) groups is 1. The summed E-state index contributed by atoms with van der Waals surface area (Å²) in [5.41, 5.74) is 1.10. The van der Waals surface area contributed by atoms with Gasteiger partial charge in [-0.3, -0.25) is 4.99 Å². The fourth-order valence-corrected chi connectivity index (χ4v) is 4.07. The monoisotopic (exact) mass is 476 g/mol. The van der Waals surface area contributed by atoms with Gasteiger partial charge < -0.3 is 10.6 Å². The van der Waals surface area contributed by atoms with Crippen LogP contribution in [0.15, 0.2) is 22.5 Å². The molecule has 0 bridgehead atoms. The normalized spacial score (nSPS) is 19.7. The van der Waals surface area contributed by atoms with Gasteiger partial charge >= 0.3 is 0 Å². The zero-order chi connectivity index (χ0) is 16.2. The molecule has 1 saturated carbocycles. The molecule has 132 valence electrons. The van der Waals surface area contributed by atoms with Gasteiger partial charge in [0.25, 0.3) is 0 Å². The summed E-state index contributed by atoms with van der Waals surface area (Å²) in [5.74, 6) is 1.73. The van der Waals surface area contributed by atoms with Crippen LogP contribution < -0.4 is 10.6 Å². The van der Waals surface area contributed by atoms with Crippen molar-refractivity contribution >= 4 is 52.6 Å². The summed E-state index contributed by atoms with van der Waals surface area (Å²) in [6, 6.07) is 4.98. The van der Waals surface area contributed by atoms with E-state index >= 15 is 0 Å². The summed E-state index contributed by atoms with van der Waals surface area (Å²) in [6.45, 7) is 8.14. The fraction of sp³-hybridized carbons (Fsp3) is 0.529. The molecule has 2 aromatic rings. The van der Waals surface area contributed by atoms with E-state index in [0.717, 1.165) is 42.1 Å². The lowest BCUT2D eigenvalue weighted by molar-refractivity contribution is 0.765. The van der Waals surface area contributed by atoms with Gasteiger partial charge in [-0.2, -0.15) is 0 Å². The van der Waals surface area contributed by atoms with Crippen LogP contribution in [0.2, 0.25) is 0 Å². The number of aryl methyl sites for hydroxylation is 1. The van der Waals surface area contributed by atoms with Gasteiger partial charge in [0.05, 0.1) is 15.6 Å². The van der Waals surface area contributed by atoms with Crippen molar-refractivity contribution in [2.45, 2.75) is 39.7 Å². The van der Waals surface area contributed by atoms with Gasteiger partial charge in [0, 0.05) is 35.8 Å². The summed E-state index contributed by atoms with van der Waals surface area (Å²) in [6.07, 6.45) is 2.23. The number of nitrogens with one attached hydrogen (secondary N) is 2. The molecule has 7 heteroatoms. The molecule has 2 aromatic heterocycles. The highest BCUT2D eigenvalue weighted by Crippen LogP contribution is 2.30. The molecule has 1 aliphatic rings. The number of thiophene rings is 1. The largest absolute Gasteiger partial charge is 0.357 e. The van der Waals surface area contributed by atoms with Crippen LogP contribution in [0.1, 0.15) is 30.2 Å². The van der Waals surface area contributed by atoms with E-state index in [1.54, 1.807) is 11.3 Å². The molecule has 1 fully saturated rings. The molecule has 24 heavy (non-hydrogen) atoms. The van der Waals surface area contributed by atoms with Crippen molar-refractivity contribution in [2.75, 3.05) is 13.1 Å². The first kappa shape index (κ1) is 19.7. The minimum absolute atomic E-state index is 0. The maximum Gasteiger partial charge on any atom is 0.191 e. The van der Waals surface area contributed by atoms with Crippen LogP contribution in [0.4, 0.5) is 0 Å². The molecule has 0 spiro atoms. The van der Waals surface area contributed by atoms with Gasteiger partial charge in [0.15, 0.2) is 5.96 Å². The highest BCUT2D eigenvalue weighted by molar-refractivity contribution is 14.0. The fourth-order valence-electron chi connectivity index (χ4n) is 2.42. The van der Waals surface area contributed by atoms with Crippen LogP contribution in [-0.2, 0) is 6.42 Å². The molecule has 0 amide bonds. The maximum atomic E-state index is 4.70. The lowest BCUT2D eigenvalue weighted by Crippen LogP contribution is -2.39. The number of guanidine groups is 1. The first-order chi connectivity index (χ1) is 11.2. The Morgan fingerprint density at radius 3 is 2.83 bits per heavy atom. The number of thiazole rings is 1. The number of hydrogen-bond acceptors (Lipinski definition) is 4.